The number of ether oxygens (including phenoxy) is 1. The largest absolute Gasteiger partial charge is 0.490 e. The molecule has 0 saturated carbocycles. The van der Waals surface area contributed by atoms with Gasteiger partial charge in [-0.3, -0.25) is 4.79 Å². The number of nitrogens with zero attached hydrogens (tertiary/aromatic N) is 3. The number of benzene rings is 1. The number of fused-ring (bicyclic) bond motifs is 1. The van der Waals surface area contributed by atoms with E-state index in [0.29, 0.717) is 23.9 Å². The predicted molar refractivity (Wildman–Crippen MR) is 117 cm³/mol. The Morgan fingerprint density at radius 2 is 1.94 bits per heavy atom. The molecule has 3 aromatic rings. The molecule has 1 N–H and O–H groups in total. The molecule has 1 saturated heterocycles. The first-order valence-corrected chi connectivity index (χ1v) is 12.3. The van der Waals surface area contributed by atoms with E-state index < -0.39 is 33.8 Å². The number of hydrogen-bond donors (Lipinski definition) is 1. The molecular weight excluding hydrogens is 475 g/mol. The van der Waals surface area contributed by atoms with Crippen molar-refractivity contribution in [2.75, 3.05) is 19.3 Å². The van der Waals surface area contributed by atoms with Crippen LogP contribution >= 0.6 is 0 Å². The summed E-state index contributed by atoms with van der Waals surface area (Å²) in [5, 5.41) is 13.2. The van der Waals surface area contributed by atoms with E-state index in [1.807, 2.05) is 0 Å². The second-order valence-electron chi connectivity index (χ2n) is 8.14. The molecule has 0 unspecified atom stereocenters. The van der Waals surface area contributed by atoms with Crippen molar-refractivity contribution in [2.24, 2.45) is 0 Å². The number of halogens is 3. The summed E-state index contributed by atoms with van der Waals surface area (Å²) in [5.41, 5.74) is -0.0948. The van der Waals surface area contributed by atoms with Gasteiger partial charge in [-0.25, -0.2) is 17.2 Å². The molecule has 2 aromatic heterocycles. The molecule has 0 atom stereocenters. The van der Waals surface area contributed by atoms with Crippen LogP contribution in [0.3, 0.4) is 0 Å². The van der Waals surface area contributed by atoms with Crippen LogP contribution in [-0.2, 0) is 27.4 Å². The molecule has 0 spiro atoms. The quantitative estimate of drug-likeness (QED) is 0.560. The van der Waals surface area contributed by atoms with Crippen molar-refractivity contribution < 1.29 is 36.2 Å². The van der Waals surface area contributed by atoms with Crippen LogP contribution in [0.4, 0.5) is 13.2 Å². The van der Waals surface area contributed by atoms with Crippen molar-refractivity contribution in [3.05, 3.63) is 53.9 Å². The van der Waals surface area contributed by atoms with E-state index in [9.17, 15) is 26.4 Å². The van der Waals surface area contributed by atoms with E-state index in [-0.39, 0.29) is 36.4 Å². The molecule has 4 rings (SSSR count). The number of carboxylic acids is 1. The van der Waals surface area contributed by atoms with Crippen LogP contribution in [0.5, 0.6) is 5.75 Å². The number of aliphatic carboxylic acids is 1. The first kappa shape index (κ1) is 24.0. The summed E-state index contributed by atoms with van der Waals surface area (Å²) in [7, 11) is -3.35. The molecule has 1 aromatic carbocycles. The number of hydrogen-bond acceptors (Lipinski definition) is 5. The van der Waals surface area contributed by atoms with E-state index in [4.69, 9.17) is 9.84 Å². The third kappa shape index (κ3) is 5.02. The van der Waals surface area contributed by atoms with Gasteiger partial charge in [-0.05, 0) is 42.7 Å². The van der Waals surface area contributed by atoms with Gasteiger partial charge in [0.25, 0.3) is 0 Å². The molecule has 3 heterocycles. The first-order chi connectivity index (χ1) is 15.9. The molecule has 34 heavy (non-hydrogen) atoms. The van der Waals surface area contributed by atoms with E-state index in [0.717, 1.165) is 12.3 Å². The SMILES string of the molecule is CS(=O)(=O)N1CCC(Oc2cccc(C(F)(F)F)c2-c2ccn3ncc(CC(=O)O)c3c2)CC1. The summed E-state index contributed by atoms with van der Waals surface area (Å²) < 4.78 is 74.1. The second-order valence-corrected chi connectivity index (χ2v) is 10.1. The van der Waals surface area contributed by atoms with Crippen LogP contribution in [0.1, 0.15) is 24.0 Å². The Balaban J connectivity index is 1.74. The third-order valence-electron chi connectivity index (χ3n) is 5.73. The smallest absolute Gasteiger partial charge is 0.417 e. The summed E-state index contributed by atoms with van der Waals surface area (Å²) in [5.74, 6) is -1.06. The van der Waals surface area contributed by atoms with Crippen molar-refractivity contribution >= 4 is 21.5 Å². The molecule has 0 radical (unpaired) electrons. The number of pyridine rings is 1. The van der Waals surface area contributed by atoms with Gasteiger partial charge in [0.2, 0.25) is 10.0 Å². The summed E-state index contributed by atoms with van der Waals surface area (Å²) in [6.07, 6.45) is -0.805. The zero-order chi connectivity index (χ0) is 24.7. The fraction of sp³-hybridized carbons (Fsp3) is 0.364. The predicted octanol–water partition coefficient (Wildman–Crippen LogP) is 3.45. The average molecular weight is 497 g/mol. The average Bonchev–Trinajstić information content (AvgIpc) is 3.14. The van der Waals surface area contributed by atoms with Crippen molar-refractivity contribution in [3.8, 4) is 16.9 Å². The number of alkyl halides is 3. The Kier molecular flexibility index (Phi) is 6.30. The summed E-state index contributed by atoms with van der Waals surface area (Å²) >= 11 is 0. The molecule has 12 heteroatoms. The zero-order valence-corrected chi connectivity index (χ0v) is 18.9. The summed E-state index contributed by atoms with van der Waals surface area (Å²) in [6, 6.07) is 6.61. The standard InChI is InChI=1S/C22H22F3N3O5S/c1-34(31,32)27-8-6-16(7-9-27)33-19-4-2-3-17(22(23,24)25)21(19)14-5-10-28-18(11-14)15(13-26-28)12-20(29)30/h2-5,10-11,13,16H,6-9,12H2,1H3,(H,29,30). The minimum Gasteiger partial charge on any atom is -0.490 e. The first-order valence-electron chi connectivity index (χ1n) is 10.4. The molecule has 1 fully saturated rings. The lowest BCUT2D eigenvalue weighted by molar-refractivity contribution is -0.137. The Morgan fingerprint density at radius 3 is 2.56 bits per heavy atom. The van der Waals surface area contributed by atoms with Gasteiger partial charge < -0.3 is 9.84 Å². The Morgan fingerprint density at radius 1 is 1.24 bits per heavy atom. The van der Waals surface area contributed by atoms with Crippen molar-refractivity contribution in [1.29, 1.82) is 0 Å². The maximum Gasteiger partial charge on any atom is 0.417 e. The van der Waals surface area contributed by atoms with Crippen LogP contribution in [0, 0.1) is 0 Å². The fourth-order valence-corrected chi connectivity index (χ4v) is 4.98. The maximum atomic E-state index is 14.0. The highest BCUT2D eigenvalue weighted by molar-refractivity contribution is 7.88. The van der Waals surface area contributed by atoms with Gasteiger partial charge in [-0.15, -0.1) is 0 Å². The van der Waals surface area contributed by atoms with E-state index in [1.165, 1.54) is 45.5 Å². The Bertz CT molecular complexity index is 1330. The minimum atomic E-state index is -4.66. The van der Waals surface area contributed by atoms with E-state index in [2.05, 4.69) is 5.10 Å². The van der Waals surface area contributed by atoms with E-state index in [1.54, 1.807) is 0 Å². The number of piperidine rings is 1. The van der Waals surface area contributed by atoms with Gasteiger partial charge in [0.1, 0.15) is 11.9 Å². The van der Waals surface area contributed by atoms with Crippen LogP contribution in [0.2, 0.25) is 0 Å². The monoisotopic (exact) mass is 497 g/mol. The molecule has 0 amide bonds. The van der Waals surface area contributed by atoms with Gasteiger partial charge >= 0.3 is 12.1 Å². The number of sulfonamides is 1. The minimum absolute atomic E-state index is 0.0243. The number of carboxylic acid groups (broad SMARTS) is 1. The second kappa shape index (κ2) is 8.91. The lowest BCUT2D eigenvalue weighted by Gasteiger charge is -2.31. The Hall–Kier alpha value is -3.12. The van der Waals surface area contributed by atoms with Crippen molar-refractivity contribution in [3.63, 3.8) is 0 Å². The highest BCUT2D eigenvalue weighted by Crippen LogP contribution is 2.43. The highest BCUT2D eigenvalue weighted by Gasteiger charge is 2.36. The molecule has 0 bridgehead atoms. The van der Waals surface area contributed by atoms with Gasteiger partial charge in [0.15, 0.2) is 0 Å². The van der Waals surface area contributed by atoms with Gasteiger partial charge in [0.05, 0.1) is 30.0 Å². The van der Waals surface area contributed by atoms with Crippen molar-refractivity contribution in [1.82, 2.24) is 13.9 Å². The lowest BCUT2D eigenvalue weighted by atomic mass is 9.97. The number of aromatic nitrogens is 2. The number of carbonyl (C=O) groups is 1. The van der Waals surface area contributed by atoms with Gasteiger partial charge in [-0.2, -0.15) is 18.3 Å². The molecule has 8 nitrogen and oxygen atoms in total. The highest BCUT2D eigenvalue weighted by atomic mass is 32.2. The lowest BCUT2D eigenvalue weighted by Crippen LogP contribution is -2.41. The number of rotatable bonds is 6. The van der Waals surface area contributed by atoms with Gasteiger partial charge in [-0.1, -0.05) is 6.07 Å². The van der Waals surface area contributed by atoms with Crippen LogP contribution in [0.15, 0.2) is 42.7 Å². The Labute approximate surface area is 193 Å². The normalized spacial score (nSPS) is 16.1. The van der Waals surface area contributed by atoms with Crippen molar-refractivity contribution in [2.45, 2.75) is 31.5 Å². The molecule has 0 aliphatic carbocycles. The molecule has 182 valence electrons. The molecule has 1 aliphatic heterocycles. The third-order valence-corrected chi connectivity index (χ3v) is 7.03. The van der Waals surface area contributed by atoms with Crippen LogP contribution in [0.25, 0.3) is 16.6 Å². The summed E-state index contributed by atoms with van der Waals surface area (Å²) in [4.78, 5) is 11.2. The zero-order valence-electron chi connectivity index (χ0n) is 18.1. The fourth-order valence-electron chi connectivity index (χ4n) is 4.11. The molecular formula is C22H22F3N3O5S. The molecule has 1 aliphatic rings. The van der Waals surface area contributed by atoms with Crippen LogP contribution in [-0.4, -0.2) is 58.9 Å². The summed E-state index contributed by atoms with van der Waals surface area (Å²) in [6.45, 7) is 0.441. The topological polar surface area (TPSA) is 101 Å². The van der Waals surface area contributed by atoms with Crippen LogP contribution < -0.4 is 4.74 Å². The van der Waals surface area contributed by atoms with E-state index >= 15 is 0 Å². The maximum absolute atomic E-state index is 14.0. The van der Waals surface area contributed by atoms with Gasteiger partial charge in [0, 0.05) is 30.4 Å².